The van der Waals surface area contributed by atoms with Crippen molar-refractivity contribution in [3.63, 3.8) is 0 Å². The van der Waals surface area contributed by atoms with Gasteiger partial charge in [0.25, 0.3) is 0 Å². The highest BCUT2D eigenvalue weighted by molar-refractivity contribution is 5.39. The Morgan fingerprint density at radius 3 is 1.79 bits per heavy atom. The highest BCUT2D eigenvalue weighted by atomic mass is 15.1. The van der Waals surface area contributed by atoms with Crippen LogP contribution in [0, 0.1) is 13.8 Å². The predicted octanol–water partition coefficient (Wildman–Crippen LogP) is 6.92. The second kappa shape index (κ2) is 17.7. The van der Waals surface area contributed by atoms with Gasteiger partial charge in [-0.15, -0.1) is 0 Å². The van der Waals surface area contributed by atoms with Gasteiger partial charge >= 0.3 is 0 Å². The lowest BCUT2D eigenvalue weighted by atomic mass is 10.1. The van der Waals surface area contributed by atoms with Crippen molar-refractivity contribution in [3.05, 3.63) is 17.6 Å². The van der Waals surface area contributed by atoms with E-state index < -0.39 is 0 Å². The third-order valence-corrected chi connectivity index (χ3v) is 5.68. The van der Waals surface area contributed by atoms with Crippen molar-refractivity contribution in [1.29, 1.82) is 0 Å². The zero-order chi connectivity index (χ0) is 21.2. The second-order valence-electron chi connectivity index (χ2n) is 8.60. The normalized spacial score (nSPS) is 11.3. The van der Waals surface area contributed by atoms with E-state index in [0.717, 1.165) is 23.8 Å². The minimum atomic E-state index is 0.950. The summed E-state index contributed by atoms with van der Waals surface area (Å²) in [5.41, 5.74) is 1.97. The number of hydrogen-bond acceptors (Lipinski definition) is 4. The third kappa shape index (κ3) is 13.6. The Morgan fingerprint density at radius 1 is 0.724 bits per heavy atom. The minimum Gasteiger partial charge on any atom is -0.369 e. The number of aromatic nitrogens is 2. The number of rotatable bonds is 19. The van der Waals surface area contributed by atoms with Crippen molar-refractivity contribution in [1.82, 2.24) is 14.9 Å². The molecule has 0 radical (unpaired) electrons. The van der Waals surface area contributed by atoms with Crippen LogP contribution in [0.1, 0.15) is 109 Å². The van der Waals surface area contributed by atoms with Crippen LogP contribution in [0.15, 0.2) is 6.20 Å². The van der Waals surface area contributed by atoms with Crippen LogP contribution in [0.2, 0.25) is 0 Å². The van der Waals surface area contributed by atoms with Crippen LogP contribution in [0.3, 0.4) is 0 Å². The Bertz CT molecular complexity index is 490. The van der Waals surface area contributed by atoms with Gasteiger partial charge in [-0.1, -0.05) is 71.6 Å². The lowest BCUT2D eigenvalue weighted by Gasteiger charge is -2.22. The van der Waals surface area contributed by atoms with Crippen LogP contribution in [0.4, 0.5) is 5.82 Å². The van der Waals surface area contributed by atoms with Crippen LogP contribution < -0.4 is 5.32 Å². The number of nitrogens with zero attached hydrogens (tertiary/aromatic N) is 3. The first-order valence-corrected chi connectivity index (χ1v) is 12.4. The molecule has 1 N–H and O–H groups in total. The van der Waals surface area contributed by atoms with Gasteiger partial charge < -0.3 is 10.2 Å². The molecule has 29 heavy (non-hydrogen) atoms. The molecule has 1 aromatic heterocycles. The summed E-state index contributed by atoms with van der Waals surface area (Å²) in [7, 11) is 0. The summed E-state index contributed by atoms with van der Waals surface area (Å²) in [5.74, 6) is 0.950. The molecular formula is C25H48N4. The fraction of sp³-hybridized carbons (Fsp3) is 0.840. The lowest BCUT2D eigenvalue weighted by Crippen LogP contribution is -2.27. The van der Waals surface area contributed by atoms with E-state index in [1.165, 1.54) is 103 Å². The molecule has 0 spiro atoms. The number of anilines is 1. The molecule has 0 bridgehead atoms. The zero-order valence-corrected chi connectivity index (χ0v) is 19.9. The van der Waals surface area contributed by atoms with Gasteiger partial charge in [-0.25, -0.2) is 4.98 Å². The van der Waals surface area contributed by atoms with Gasteiger partial charge in [0.1, 0.15) is 5.82 Å². The Hall–Kier alpha value is -1.16. The van der Waals surface area contributed by atoms with Crippen LogP contribution in [-0.4, -0.2) is 41.0 Å². The molecule has 0 aliphatic rings. The van der Waals surface area contributed by atoms with Gasteiger partial charge in [0.2, 0.25) is 0 Å². The van der Waals surface area contributed by atoms with Crippen molar-refractivity contribution in [2.24, 2.45) is 0 Å². The first kappa shape index (κ1) is 25.9. The van der Waals surface area contributed by atoms with E-state index in [4.69, 9.17) is 0 Å². The SMILES string of the molecule is CCCCCCCN(CCCCCCC)CCCCCNc1nc(C)cnc1C. The van der Waals surface area contributed by atoms with E-state index in [1.54, 1.807) is 0 Å². The van der Waals surface area contributed by atoms with Gasteiger partial charge in [0, 0.05) is 12.7 Å². The van der Waals surface area contributed by atoms with Gasteiger partial charge in [-0.2, -0.15) is 0 Å². The maximum atomic E-state index is 4.55. The Morgan fingerprint density at radius 2 is 1.24 bits per heavy atom. The number of aryl methyl sites for hydroxylation is 2. The summed E-state index contributed by atoms with van der Waals surface area (Å²) in [4.78, 5) is 11.7. The highest BCUT2D eigenvalue weighted by Gasteiger charge is 2.05. The number of nitrogens with one attached hydrogen (secondary N) is 1. The Kier molecular flexibility index (Phi) is 15.8. The van der Waals surface area contributed by atoms with E-state index in [2.05, 4.69) is 34.0 Å². The molecule has 0 amide bonds. The van der Waals surface area contributed by atoms with E-state index in [0.29, 0.717) is 0 Å². The summed E-state index contributed by atoms with van der Waals surface area (Å²) in [6.45, 7) is 13.5. The average Bonchev–Trinajstić information content (AvgIpc) is 2.72. The molecule has 0 atom stereocenters. The summed E-state index contributed by atoms with van der Waals surface area (Å²) < 4.78 is 0. The number of unbranched alkanes of at least 4 members (excludes halogenated alkanes) is 10. The molecule has 4 nitrogen and oxygen atoms in total. The second-order valence-corrected chi connectivity index (χ2v) is 8.60. The van der Waals surface area contributed by atoms with Crippen molar-refractivity contribution >= 4 is 5.82 Å². The molecule has 0 aromatic carbocycles. The molecule has 0 saturated carbocycles. The van der Waals surface area contributed by atoms with E-state index in [9.17, 15) is 0 Å². The Labute approximate surface area is 181 Å². The quantitative estimate of drug-likeness (QED) is 0.254. The lowest BCUT2D eigenvalue weighted by molar-refractivity contribution is 0.255. The summed E-state index contributed by atoms with van der Waals surface area (Å²) in [5, 5.41) is 3.46. The number of hydrogen-bond donors (Lipinski definition) is 1. The maximum absolute atomic E-state index is 4.55. The monoisotopic (exact) mass is 404 g/mol. The smallest absolute Gasteiger partial charge is 0.147 e. The van der Waals surface area contributed by atoms with Crippen LogP contribution in [0.25, 0.3) is 0 Å². The molecule has 0 fully saturated rings. The van der Waals surface area contributed by atoms with Gasteiger partial charge in [0.05, 0.1) is 11.4 Å². The summed E-state index contributed by atoms with van der Waals surface area (Å²) >= 11 is 0. The van der Waals surface area contributed by atoms with E-state index in [1.807, 2.05) is 20.0 Å². The highest BCUT2D eigenvalue weighted by Crippen LogP contribution is 2.11. The minimum absolute atomic E-state index is 0.950. The average molecular weight is 405 g/mol. The van der Waals surface area contributed by atoms with E-state index >= 15 is 0 Å². The molecule has 4 heteroatoms. The van der Waals surface area contributed by atoms with E-state index in [-0.39, 0.29) is 0 Å². The molecule has 168 valence electrons. The largest absolute Gasteiger partial charge is 0.369 e. The van der Waals surface area contributed by atoms with Gasteiger partial charge in [0.15, 0.2) is 0 Å². The molecule has 1 aromatic rings. The molecular weight excluding hydrogens is 356 g/mol. The van der Waals surface area contributed by atoms with Crippen LogP contribution in [-0.2, 0) is 0 Å². The molecule has 1 rings (SSSR count). The Balaban J connectivity index is 2.20. The molecule has 1 heterocycles. The van der Waals surface area contributed by atoms with Crippen molar-refractivity contribution in [3.8, 4) is 0 Å². The van der Waals surface area contributed by atoms with Gasteiger partial charge in [-0.3, -0.25) is 4.98 Å². The first-order chi connectivity index (χ1) is 14.2. The molecule has 0 unspecified atom stereocenters. The van der Waals surface area contributed by atoms with Crippen LogP contribution in [0.5, 0.6) is 0 Å². The molecule has 0 aliphatic carbocycles. The summed E-state index contributed by atoms with van der Waals surface area (Å²) in [6.07, 6.45) is 19.5. The fourth-order valence-corrected chi connectivity index (χ4v) is 3.76. The zero-order valence-electron chi connectivity index (χ0n) is 19.9. The molecule has 0 saturated heterocycles. The van der Waals surface area contributed by atoms with Crippen molar-refractivity contribution in [2.45, 2.75) is 111 Å². The molecule has 0 aliphatic heterocycles. The van der Waals surface area contributed by atoms with Crippen molar-refractivity contribution in [2.75, 3.05) is 31.5 Å². The summed E-state index contributed by atoms with van der Waals surface area (Å²) in [6, 6.07) is 0. The predicted molar refractivity (Wildman–Crippen MR) is 128 cm³/mol. The maximum Gasteiger partial charge on any atom is 0.147 e. The third-order valence-electron chi connectivity index (χ3n) is 5.68. The first-order valence-electron chi connectivity index (χ1n) is 12.4. The van der Waals surface area contributed by atoms with Gasteiger partial charge in [-0.05, 0) is 59.2 Å². The standard InChI is InChI=1S/C25H48N4/c1-5-7-9-11-15-19-29(20-16-12-10-8-6-2)21-17-13-14-18-26-25-24(4)27-22-23(3)28-25/h22H,5-21H2,1-4H3,(H,26,28). The fourth-order valence-electron chi connectivity index (χ4n) is 3.76. The van der Waals surface area contributed by atoms with Crippen LogP contribution >= 0.6 is 0 Å². The topological polar surface area (TPSA) is 41.0 Å². The van der Waals surface area contributed by atoms with Crippen molar-refractivity contribution < 1.29 is 0 Å².